The first-order chi connectivity index (χ1) is 8.65. The number of nitrogens with zero attached hydrogens (tertiary/aromatic N) is 1. The van der Waals surface area contributed by atoms with Crippen LogP contribution in [0, 0.1) is 0 Å². The van der Waals surface area contributed by atoms with Crippen LogP contribution in [0.1, 0.15) is 16.1 Å². The zero-order valence-electron chi connectivity index (χ0n) is 10.6. The lowest BCUT2D eigenvalue weighted by atomic mass is 10.2. The van der Waals surface area contributed by atoms with Crippen molar-refractivity contribution in [2.45, 2.75) is 6.54 Å². The summed E-state index contributed by atoms with van der Waals surface area (Å²) in [7, 11) is 1.69. The highest BCUT2D eigenvalue weighted by Crippen LogP contribution is 2.16. The van der Waals surface area contributed by atoms with Crippen molar-refractivity contribution in [1.82, 2.24) is 0 Å². The lowest BCUT2D eigenvalue weighted by molar-refractivity contribution is -0.862. The van der Waals surface area contributed by atoms with E-state index in [0.29, 0.717) is 6.54 Å². The van der Waals surface area contributed by atoms with Gasteiger partial charge in [-0.2, -0.15) is 0 Å². The van der Waals surface area contributed by atoms with E-state index in [1.54, 1.807) is 19.2 Å². The molecule has 0 saturated carbocycles. The van der Waals surface area contributed by atoms with Crippen LogP contribution in [0.3, 0.4) is 0 Å². The molecule has 1 aromatic carbocycles. The highest BCUT2D eigenvalue weighted by atomic mass is 35.5. The maximum absolute atomic E-state index is 12.3. The third kappa shape index (κ3) is 3.44. The number of carbonyl (C=O) groups excluding carboxylic acids is 1. The summed E-state index contributed by atoms with van der Waals surface area (Å²) in [5, 5.41) is 9.53. The predicted molar refractivity (Wildman–Crippen MR) is 66.5 cm³/mol. The summed E-state index contributed by atoms with van der Waals surface area (Å²) in [5.74, 6) is 0.0360. The molecule has 102 valence electrons. The maximum Gasteiger partial charge on any atom is 0.383 e. The minimum Gasteiger partial charge on any atom is -1.00 e. The third-order valence-electron chi connectivity index (χ3n) is 2.91. The molecule has 0 aliphatic rings. The zero-order valence-corrected chi connectivity index (χ0v) is 11.4. The molecule has 0 aliphatic carbocycles. The topological polar surface area (TPSA) is 50.4 Å². The molecule has 19 heavy (non-hydrogen) atoms. The first kappa shape index (κ1) is 15.4. The van der Waals surface area contributed by atoms with Crippen molar-refractivity contribution >= 4 is 5.91 Å². The van der Waals surface area contributed by atoms with Gasteiger partial charge in [0.25, 0.3) is 0 Å². The van der Waals surface area contributed by atoms with Crippen molar-refractivity contribution in [3.8, 4) is 0 Å². The molecule has 2 rings (SSSR count). The molecule has 1 unspecified atom stereocenters. The molecule has 1 atom stereocenters. The molecule has 4 nitrogen and oxygen atoms in total. The van der Waals surface area contributed by atoms with Gasteiger partial charge in [0.05, 0.1) is 13.3 Å². The Morgan fingerprint density at radius 1 is 1.21 bits per heavy atom. The largest absolute Gasteiger partial charge is 1.00 e. The summed E-state index contributed by atoms with van der Waals surface area (Å²) in [5.41, 5.74) is 0.994. The Balaban J connectivity index is 0.00000180. The average molecular weight is 282 g/mol. The van der Waals surface area contributed by atoms with Crippen molar-refractivity contribution in [1.29, 1.82) is 0 Å². The van der Waals surface area contributed by atoms with E-state index in [9.17, 15) is 9.90 Å². The molecule has 2 aromatic rings. The second-order valence-electron chi connectivity index (χ2n) is 4.46. The van der Waals surface area contributed by atoms with Crippen LogP contribution >= 0.6 is 0 Å². The fraction of sp³-hybridized carbons (Fsp3) is 0.214. The molecule has 0 spiro atoms. The summed E-state index contributed by atoms with van der Waals surface area (Å²) >= 11 is 0. The molecule has 0 bridgehead atoms. The maximum atomic E-state index is 12.3. The summed E-state index contributed by atoms with van der Waals surface area (Å²) in [6, 6.07) is 12.9. The summed E-state index contributed by atoms with van der Waals surface area (Å²) in [6.45, 7) is 0.158. The number of hydrogen-bond donors (Lipinski definition) is 1. The van der Waals surface area contributed by atoms with E-state index in [1.165, 1.54) is 6.26 Å². The van der Waals surface area contributed by atoms with Crippen molar-refractivity contribution in [2.75, 3.05) is 13.8 Å². The minimum absolute atomic E-state index is 0. The van der Waals surface area contributed by atoms with Crippen LogP contribution in [0.4, 0.5) is 0 Å². The van der Waals surface area contributed by atoms with Gasteiger partial charge in [-0.3, -0.25) is 0 Å². The monoisotopic (exact) mass is 281 g/mol. The second kappa shape index (κ2) is 6.52. The number of furan rings is 1. The van der Waals surface area contributed by atoms with Gasteiger partial charge in [-0.05, 0) is 12.1 Å². The number of halogens is 1. The molecule has 1 heterocycles. The van der Waals surface area contributed by atoms with Crippen LogP contribution in [-0.2, 0) is 6.54 Å². The van der Waals surface area contributed by atoms with Crippen molar-refractivity contribution in [3.63, 3.8) is 0 Å². The van der Waals surface area contributed by atoms with Gasteiger partial charge in [0.2, 0.25) is 5.76 Å². The normalized spacial score (nSPS) is 13.4. The van der Waals surface area contributed by atoms with Gasteiger partial charge in [0.1, 0.15) is 6.54 Å². The van der Waals surface area contributed by atoms with Crippen molar-refractivity contribution in [3.05, 3.63) is 60.1 Å². The molecule has 0 aliphatic heterocycles. The van der Waals surface area contributed by atoms with E-state index >= 15 is 0 Å². The fourth-order valence-corrected chi connectivity index (χ4v) is 1.84. The number of aliphatic hydroxyl groups is 1. The van der Waals surface area contributed by atoms with E-state index in [1.807, 2.05) is 30.3 Å². The fourth-order valence-electron chi connectivity index (χ4n) is 1.84. The van der Waals surface area contributed by atoms with E-state index in [4.69, 9.17) is 4.42 Å². The molecule has 0 saturated heterocycles. The predicted octanol–water partition coefficient (Wildman–Crippen LogP) is -0.980. The number of benzene rings is 1. The van der Waals surface area contributed by atoms with Gasteiger partial charge < -0.3 is 21.9 Å². The van der Waals surface area contributed by atoms with Gasteiger partial charge in [0, 0.05) is 5.56 Å². The summed E-state index contributed by atoms with van der Waals surface area (Å²) < 4.78 is 4.98. The molecule has 0 fully saturated rings. The second-order valence-corrected chi connectivity index (χ2v) is 4.46. The van der Waals surface area contributed by atoms with Crippen LogP contribution in [0.2, 0.25) is 0 Å². The lowest BCUT2D eigenvalue weighted by Gasteiger charge is -2.28. The Morgan fingerprint density at radius 3 is 2.42 bits per heavy atom. The van der Waals surface area contributed by atoms with Crippen molar-refractivity contribution < 1.29 is 31.2 Å². The molecule has 5 heteroatoms. The number of hydrogen-bond acceptors (Lipinski definition) is 3. The number of aliphatic hydroxyl groups excluding tert-OH is 1. The van der Waals surface area contributed by atoms with Crippen LogP contribution in [-0.4, -0.2) is 29.3 Å². The lowest BCUT2D eigenvalue weighted by Crippen LogP contribution is -3.00. The first-order valence-corrected chi connectivity index (χ1v) is 5.73. The van der Waals surface area contributed by atoms with E-state index in [2.05, 4.69) is 0 Å². The Kier molecular flexibility index (Phi) is 5.30. The van der Waals surface area contributed by atoms with E-state index in [-0.39, 0.29) is 35.3 Å². The SMILES string of the molecule is C[N+](CO)(Cc1ccccc1)C(=O)c1ccco1.[Cl-]. The highest BCUT2D eigenvalue weighted by molar-refractivity contribution is 5.85. The molecule has 1 amide bonds. The summed E-state index contributed by atoms with van der Waals surface area (Å²) in [6.07, 6.45) is 1.46. The summed E-state index contributed by atoms with van der Waals surface area (Å²) in [4.78, 5) is 12.3. The van der Waals surface area contributed by atoms with Gasteiger partial charge in [0.15, 0.2) is 6.73 Å². The van der Waals surface area contributed by atoms with E-state index < -0.39 is 0 Å². The van der Waals surface area contributed by atoms with Gasteiger partial charge in [-0.15, -0.1) is 0 Å². The standard InChI is InChI=1S/C14H16NO3.ClH/c1-15(11-16,10-12-6-3-2-4-7-12)14(17)13-8-5-9-18-13;/h2-9,16H,10-11H2,1H3;1H/q+1;/p-1. The Bertz CT molecular complexity index is 513. The third-order valence-corrected chi connectivity index (χ3v) is 2.91. The quantitative estimate of drug-likeness (QED) is 0.579. The minimum atomic E-state index is -0.269. The van der Waals surface area contributed by atoms with Crippen LogP contribution in [0.25, 0.3) is 0 Å². The van der Waals surface area contributed by atoms with Crippen LogP contribution < -0.4 is 12.4 Å². The number of quaternary nitrogens is 1. The van der Waals surface area contributed by atoms with E-state index in [0.717, 1.165) is 5.56 Å². The zero-order chi connectivity index (χ0) is 13.0. The number of amides is 1. The average Bonchev–Trinajstić information content (AvgIpc) is 2.92. The van der Waals surface area contributed by atoms with Gasteiger partial charge in [-0.25, -0.2) is 9.28 Å². The Morgan fingerprint density at radius 2 is 1.89 bits per heavy atom. The molecular weight excluding hydrogens is 266 g/mol. The van der Waals surface area contributed by atoms with Crippen LogP contribution in [0.5, 0.6) is 0 Å². The van der Waals surface area contributed by atoms with Gasteiger partial charge in [-0.1, -0.05) is 30.3 Å². The Labute approximate surface area is 118 Å². The van der Waals surface area contributed by atoms with Gasteiger partial charge >= 0.3 is 5.91 Å². The molecule has 0 radical (unpaired) electrons. The first-order valence-electron chi connectivity index (χ1n) is 5.73. The van der Waals surface area contributed by atoms with Crippen molar-refractivity contribution in [2.24, 2.45) is 0 Å². The van der Waals surface area contributed by atoms with Crippen LogP contribution in [0.15, 0.2) is 53.1 Å². The number of rotatable bonds is 4. The highest BCUT2D eigenvalue weighted by Gasteiger charge is 2.34. The molecule has 1 N–H and O–H groups in total. The molecular formula is C14H16ClNO3. The Hall–Kier alpha value is -1.62. The smallest absolute Gasteiger partial charge is 0.383 e. The number of carbonyl (C=O) groups is 1. The molecule has 1 aromatic heterocycles.